The fraction of sp³-hybridized carbons (Fsp3) is 0.0625. The van der Waals surface area contributed by atoms with Gasteiger partial charge in [0.05, 0.1) is 0 Å². The summed E-state index contributed by atoms with van der Waals surface area (Å²) >= 11 is 0. The highest BCUT2D eigenvalue weighted by Gasteiger charge is 2.17. The molecule has 0 saturated carbocycles. The van der Waals surface area contributed by atoms with E-state index in [0.29, 0.717) is 11.4 Å². The number of carbonyl (C=O) groups is 1. The van der Waals surface area contributed by atoms with Crippen LogP contribution >= 0.6 is 0 Å². The Hall–Kier alpha value is -3.22. The number of anilines is 3. The van der Waals surface area contributed by atoms with E-state index < -0.39 is 5.91 Å². The van der Waals surface area contributed by atoms with Gasteiger partial charge < -0.3 is 10.6 Å². The van der Waals surface area contributed by atoms with E-state index >= 15 is 0 Å². The molecule has 3 aromatic rings. The molecule has 3 N–H and O–H groups in total. The van der Waals surface area contributed by atoms with Gasteiger partial charge in [-0.2, -0.15) is 5.21 Å². The number of hydrogen-bond acceptors (Lipinski definition) is 4. The van der Waals surface area contributed by atoms with Gasteiger partial charge in [0.1, 0.15) is 5.82 Å². The third-order valence-corrected chi connectivity index (χ3v) is 3.13. The molecule has 1 amide bonds. The Morgan fingerprint density at radius 3 is 2.65 bits per heavy atom. The van der Waals surface area contributed by atoms with Crippen molar-refractivity contribution in [3.8, 4) is 0 Å². The molecule has 0 aliphatic rings. The second kappa shape index (κ2) is 6.27. The largest absolute Gasteiger partial charge is 0.337 e. The van der Waals surface area contributed by atoms with E-state index in [-0.39, 0.29) is 17.3 Å². The number of aromatic nitrogens is 3. The Bertz CT molecular complexity index is 846. The SMILES string of the molecule is Cc1cccc(NC(=O)c2n[nH]nc2Nc2cccc(F)c2)c1. The summed E-state index contributed by atoms with van der Waals surface area (Å²) in [6.45, 7) is 1.93. The molecular weight excluding hydrogens is 297 g/mol. The molecule has 1 heterocycles. The van der Waals surface area contributed by atoms with Crippen molar-refractivity contribution in [3.05, 3.63) is 65.6 Å². The zero-order valence-corrected chi connectivity index (χ0v) is 12.3. The van der Waals surface area contributed by atoms with Crippen molar-refractivity contribution in [2.75, 3.05) is 10.6 Å². The summed E-state index contributed by atoms with van der Waals surface area (Å²) in [5.74, 6) is -0.576. The Balaban J connectivity index is 1.79. The predicted molar refractivity (Wildman–Crippen MR) is 85.2 cm³/mol. The Morgan fingerprint density at radius 2 is 1.87 bits per heavy atom. The number of aryl methyl sites for hydroxylation is 1. The maximum Gasteiger partial charge on any atom is 0.280 e. The lowest BCUT2D eigenvalue weighted by Crippen LogP contribution is -2.14. The van der Waals surface area contributed by atoms with Crippen molar-refractivity contribution in [1.82, 2.24) is 15.4 Å². The number of nitrogens with one attached hydrogen (secondary N) is 3. The van der Waals surface area contributed by atoms with Gasteiger partial charge in [0, 0.05) is 11.4 Å². The standard InChI is InChI=1S/C16H14FN5O/c1-10-4-2-6-12(8-10)19-16(23)14-15(21-22-20-14)18-13-7-3-5-11(17)9-13/h2-9H,1H3,(H,19,23)(H2,18,20,21,22). The topological polar surface area (TPSA) is 82.7 Å². The normalized spacial score (nSPS) is 10.3. The molecule has 6 nitrogen and oxygen atoms in total. The van der Waals surface area contributed by atoms with Crippen molar-refractivity contribution < 1.29 is 9.18 Å². The van der Waals surface area contributed by atoms with E-state index in [2.05, 4.69) is 26.0 Å². The van der Waals surface area contributed by atoms with Gasteiger partial charge in [-0.1, -0.05) is 18.2 Å². The number of halogens is 1. The maximum absolute atomic E-state index is 13.2. The fourth-order valence-corrected chi connectivity index (χ4v) is 2.09. The van der Waals surface area contributed by atoms with Gasteiger partial charge in [-0.25, -0.2) is 4.39 Å². The highest BCUT2D eigenvalue weighted by Crippen LogP contribution is 2.19. The first kappa shape index (κ1) is 14.7. The molecule has 116 valence electrons. The van der Waals surface area contributed by atoms with Crippen LogP contribution < -0.4 is 10.6 Å². The highest BCUT2D eigenvalue weighted by atomic mass is 19.1. The van der Waals surface area contributed by atoms with Crippen LogP contribution in [0.4, 0.5) is 21.6 Å². The first-order chi connectivity index (χ1) is 11.1. The quantitative estimate of drug-likeness (QED) is 0.690. The van der Waals surface area contributed by atoms with Crippen LogP contribution in [0.5, 0.6) is 0 Å². The number of carbonyl (C=O) groups excluding carboxylic acids is 1. The van der Waals surface area contributed by atoms with Gasteiger partial charge in [0.2, 0.25) is 0 Å². The fourth-order valence-electron chi connectivity index (χ4n) is 2.09. The van der Waals surface area contributed by atoms with Gasteiger partial charge in [-0.15, -0.1) is 10.2 Å². The monoisotopic (exact) mass is 311 g/mol. The average molecular weight is 311 g/mol. The van der Waals surface area contributed by atoms with Gasteiger partial charge in [0.25, 0.3) is 5.91 Å². The number of hydrogen-bond donors (Lipinski definition) is 3. The number of H-pyrrole nitrogens is 1. The van der Waals surface area contributed by atoms with Crippen LogP contribution in [0, 0.1) is 12.7 Å². The van der Waals surface area contributed by atoms with Crippen molar-refractivity contribution in [1.29, 1.82) is 0 Å². The summed E-state index contributed by atoms with van der Waals surface area (Å²) in [5.41, 5.74) is 2.26. The van der Waals surface area contributed by atoms with E-state index in [1.807, 2.05) is 25.1 Å². The Kier molecular flexibility index (Phi) is 4.01. The second-order valence-corrected chi connectivity index (χ2v) is 4.98. The van der Waals surface area contributed by atoms with E-state index in [4.69, 9.17) is 0 Å². The molecule has 1 aromatic heterocycles. The van der Waals surface area contributed by atoms with Crippen LogP contribution in [0.2, 0.25) is 0 Å². The van der Waals surface area contributed by atoms with Crippen molar-refractivity contribution >= 4 is 23.1 Å². The number of aromatic amines is 1. The van der Waals surface area contributed by atoms with Crippen molar-refractivity contribution in [2.45, 2.75) is 6.92 Å². The molecule has 3 rings (SSSR count). The molecule has 0 radical (unpaired) electrons. The number of nitrogens with zero attached hydrogens (tertiary/aromatic N) is 2. The summed E-state index contributed by atoms with van der Waals surface area (Å²) < 4.78 is 13.2. The molecule has 2 aromatic carbocycles. The number of benzene rings is 2. The van der Waals surface area contributed by atoms with Crippen molar-refractivity contribution in [3.63, 3.8) is 0 Å². The zero-order valence-electron chi connectivity index (χ0n) is 12.3. The Morgan fingerprint density at radius 1 is 1.09 bits per heavy atom. The Labute approximate surface area is 131 Å². The van der Waals surface area contributed by atoms with Gasteiger partial charge in [-0.3, -0.25) is 4.79 Å². The first-order valence-corrected chi connectivity index (χ1v) is 6.93. The van der Waals surface area contributed by atoms with Crippen LogP contribution in [0.15, 0.2) is 48.5 Å². The molecule has 0 unspecified atom stereocenters. The number of rotatable bonds is 4. The minimum atomic E-state index is -0.414. The smallest absolute Gasteiger partial charge is 0.280 e. The molecule has 0 aliphatic carbocycles. The van der Waals surface area contributed by atoms with Gasteiger partial charge in [0.15, 0.2) is 11.5 Å². The first-order valence-electron chi connectivity index (χ1n) is 6.93. The summed E-state index contributed by atoms with van der Waals surface area (Å²) in [5, 5.41) is 15.7. The van der Waals surface area contributed by atoms with Crippen LogP contribution in [-0.2, 0) is 0 Å². The predicted octanol–water partition coefficient (Wildman–Crippen LogP) is 3.25. The summed E-state index contributed by atoms with van der Waals surface area (Å²) in [6.07, 6.45) is 0. The lowest BCUT2D eigenvalue weighted by Gasteiger charge is -2.06. The van der Waals surface area contributed by atoms with Crippen molar-refractivity contribution in [2.24, 2.45) is 0 Å². The summed E-state index contributed by atoms with van der Waals surface area (Å²) in [6, 6.07) is 13.3. The van der Waals surface area contributed by atoms with Crippen LogP contribution in [-0.4, -0.2) is 21.3 Å². The highest BCUT2D eigenvalue weighted by molar-refractivity contribution is 6.06. The zero-order chi connectivity index (χ0) is 16.2. The molecule has 0 saturated heterocycles. The molecule has 7 heteroatoms. The third kappa shape index (κ3) is 3.52. The third-order valence-electron chi connectivity index (χ3n) is 3.13. The number of amides is 1. The molecule has 0 bridgehead atoms. The van der Waals surface area contributed by atoms with Gasteiger partial charge in [-0.05, 0) is 42.8 Å². The van der Waals surface area contributed by atoms with E-state index in [1.54, 1.807) is 18.2 Å². The average Bonchev–Trinajstić information content (AvgIpc) is 2.95. The minimum Gasteiger partial charge on any atom is -0.337 e. The molecular formula is C16H14FN5O. The maximum atomic E-state index is 13.2. The molecule has 0 fully saturated rings. The van der Waals surface area contributed by atoms with Crippen LogP contribution in [0.25, 0.3) is 0 Å². The second-order valence-electron chi connectivity index (χ2n) is 4.98. The lowest BCUT2D eigenvalue weighted by atomic mass is 10.2. The molecule has 23 heavy (non-hydrogen) atoms. The summed E-state index contributed by atoms with van der Waals surface area (Å²) in [4.78, 5) is 12.3. The van der Waals surface area contributed by atoms with Crippen LogP contribution in [0.1, 0.15) is 16.1 Å². The molecule has 0 atom stereocenters. The minimum absolute atomic E-state index is 0.0933. The van der Waals surface area contributed by atoms with E-state index in [0.717, 1.165) is 5.56 Å². The van der Waals surface area contributed by atoms with Gasteiger partial charge >= 0.3 is 0 Å². The van der Waals surface area contributed by atoms with E-state index in [1.165, 1.54) is 12.1 Å². The lowest BCUT2D eigenvalue weighted by molar-refractivity contribution is 0.102. The van der Waals surface area contributed by atoms with E-state index in [9.17, 15) is 9.18 Å². The summed E-state index contributed by atoms with van der Waals surface area (Å²) in [7, 11) is 0. The molecule has 0 spiro atoms. The molecule has 0 aliphatic heterocycles. The van der Waals surface area contributed by atoms with Crippen LogP contribution in [0.3, 0.4) is 0 Å².